The highest BCUT2D eigenvalue weighted by molar-refractivity contribution is 5.69. The van der Waals surface area contributed by atoms with E-state index in [-0.39, 0.29) is 12.2 Å². The first-order chi connectivity index (χ1) is 6.33. The molecule has 0 bridgehead atoms. The number of rotatable bonds is 4. The molecule has 0 spiro atoms. The zero-order valence-corrected chi connectivity index (χ0v) is 8.14. The fourth-order valence-electron chi connectivity index (χ4n) is 1.25. The minimum Gasteiger partial charge on any atom is -0.445 e. The number of carbonyl (C=O) groups excluding carboxylic acids is 1. The number of carbonyl (C=O) groups is 1. The molecule has 1 heterocycles. The van der Waals surface area contributed by atoms with Crippen LogP contribution >= 0.6 is 0 Å². The summed E-state index contributed by atoms with van der Waals surface area (Å²) in [6, 6.07) is 0. The lowest BCUT2D eigenvalue weighted by molar-refractivity contribution is -0.151. The molecule has 1 aliphatic rings. The molecule has 0 aliphatic carbocycles. The molecule has 1 atom stereocenters. The molecule has 4 heteroatoms. The zero-order valence-electron chi connectivity index (χ0n) is 8.14. The van der Waals surface area contributed by atoms with Crippen molar-refractivity contribution < 1.29 is 9.53 Å². The molecule has 2 N–H and O–H groups in total. The van der Waals surface area contributed by atoms with Crippen LogP contribution < -0.4 is 10.6 Å². The zero-order chi connectivity index (χ0) is 9.52. The Balaban J connectivity index is 2.11. The van der Waals surface area contributed by atoms with Crippen LogP contribution in [0, 0.1) is 0 Å². The van der Waals surface area contributed by atoms with E-state index in [1.54, 1.807) is 0 Å². The van der Waals surface area contributed by atoms with Crippen LogP contribution in [0.4, 0.5) is 0 Å². The predicted molar refractivity (Wildman–Crippen MR) is 50.3 cm³/mol. The standard InChI is InChI=1S/C9H18N2O2/c1-2-3-4-9(12)13-8-7-10-5-6-11-8/h8,10-11H,2-7H2,1H3. The molecule has 1 aliphatic heterocycles. The van der Waals surface area contributed by atoms with Crippen molar-refractivity contribution in [2.24, 2.45) is 0 Å². The second kappa shape index (κ2) is 5.94. The molecule has 0 saturated carbocycles. The van der Waals surface area contributed by atoms with Crippen LogP contribution in [-0.2, 0) is 9.53 Å². The highest BCUT2D eigenvalue weighted by Crippen LogP contribution is 1.99. The first-order valence-electron chi connectivity index (χ1n) is 4.96. The molecule has 0 aromatic rings. The van der Waals surface area contributed by atoms with Crippen molar-refractivity contribution in [2.45, 2.75) is 32.4 Å². The maximum Gasteiger partial charge on any atom is 0.307 e. The average molecular weight is 186 g/mol. The summed E-state index contributed by atoms with van der Waals surface area (Å²) in [7, 11) is 0. The van der Waals surface area contributed by atoms with Gasteiger partial charge in [0.1, 0.15) is 0 Å². The Morgan fingerprint density at radius 1 is 1.54 bits per heavy atom. The third-order valence-electron chi connectivity index (χ3n) is 2.01. The first kappa shape index (κ1) is 10.5. The van der Waals surface area contributed by atoms with Crippen LogP contribution in [0.15, 0.2) is 0 Å². The minimum atomic E-state index is -0.127. The fourth-order valence-corrected chi connectivity index (χ4v) is 1.25. The van der Waals surface area contributed by atoms with E-state index in [4.69, 9.17) is 4.74 Å². The van der Waals surface area contributed by atoms with Crippen molar-refractivity contribution in [1.82, 2.24) is 10.6 Å². The Bertz CT molecular complexity index is 156. The molecular formula is C9H18N2O2. The molecule has 1 fully saturated rings. The molecule has 1 rings (SSSR count). The Labute approximate surface area is 79.0 Å². The van der Waals surface area contributed by atoms with E-state index in [9.17, 15) is 4.79 Å². The van der Waals surface area contributed by atoms with Crippen molar-refractivity contribution in [2.75, 3.05) is 19.6 Å². The summed E-state index contributed by atoms with van der Waals surface area (Å²) in [5.41, 5.74) is 0. The van der Waals surface area contributed by atoms with Gasteiger partial charge in [0.15, 0.2) is 6.23 Å². The molecule has 4 nitrogen and oxygen atoms in total. The van der Waals surface area contributed by atoms with Gasteiger partial charge in [-0.05, 0) is 6.42 Å². The van der Waals surface area contributed by atoms with E-state index in [2.05, 4.69) is 17.6 Å². The lowest BCUT2D eigenvalue weighted by atomic mass is 10.2. The number of piperazine rings is 1. The first-order valence-corrected chi connectivity index (χ1v) is 4.96. The molecule has 0 aromatic carbocycles. The Hall–Kier alpha value is -0.610. The van der Waals surface area contributed by atoms with Crippen LogP contribution in [0.5, 0.6) is 0 Å². The van der Waals surface area contributed by atoms with E-state index in [0.29, 0.717) is 6.42 Å². The maximum atomic E-state index is 11.2. The number of ether oxygens (including phenoxy) is 1. The normalized spacial score (nSPS) is 22.7. The molecule has 0 amide bonds. The molecule has 0 aromatic heterocycles. The van der Waals surface area contributed by atoms with Gasteiger partial charge in [0.25, 0.3) is 0 Å². The summed E-state index contributed by atoms with van der Waals surface area (Å²) in [6.45, 7) is 4.60. The summed E-state index contributed by atoms with van der Waals surface area (Å²) in [4.78, 5) is 11.2. The van der Waals surface area contributed by atoms with Crippen LogP contribution in [-0.4, -0.2) is 31.8 Å². The summed E-state index contributed by atoms with van der Waals surface area (Å²) < 4.78 is 5.18. The van der Waals surface area contributed by atoms with E-state index in [1.807, 2.05) is 0 Å². The van der Waals surface area contributed by atoms with Crippen LogP contribution in [0.25, 0.3) is 0 Å². The summed E-state index contributed by atoms with van der Waals surface area (Å²) in [5, 5.41) is 6.28. The van der Waals surface area contributed by atoms with Crippen molar-refractivity contribution in [3.63, 3.8) is 0 Å². The number of nitrogens with one attached hydrogen (secondary N) is 2. The van der Waals surface area contributed by atoms with Crippen LogP contribution in [0.3, 0.4) is 0 Å². The van der Waals surface area contributed by atoms with Gasteiger partial charge in [-0.2, -0.15) is 0 Å². The molecule has 76 valence electrons. The van der Waals surface area contributed by atoms with Crippen molar-refractivity contribution in [3.8, 4) is 0 Å². The van der Waals surface area contributed by atoms with E-state index < -0.39 is 0 Å². The predicted octanol–water partition coefficient (Wildman–Crippen LogP) is 0.239. The van der Waals surface area contributed by atoms with Gasteiger partial charge in [-0.3, -0.25) is 10.1 Å². The van der Waals surface area contributed by atoms with Crippen LogP contribution in [0.1, 0.15) is 26.2 Å². The van der Waals surface area contributed by atoms with Crippen molar-refractivity contribution in [1.29, 1.82) is 0 Å². The third-order valence-corrected chi connectivity index (χ3v) is 2.01. The van der Waals surface area contributed by atoms with Gasteiger partial charge in [0, 0.05) is 26.1 Å². The van der Waals surface area contributed by atoms with Gasteiger partial charge in [0.2, 0.25) is 0 Å². The van der Waals surface area contributed by atoms with Gasteiger partial charge in [-0.25, -0.2) is 0 Å². The number of unbranched alkanes of at least 4 members (excludes halogenated alkanes) is 1. The van der Waals surface area contributed by atoms with Gasteiger partial charge in [-0.1, -0.05) is 13.3 Å². The van der Waals surface area contributed by atoms with E-state index >= 15 is 0 Å². The Morgan fingerprint density at radius 2 is 2.38 bits per heavy atom. The highest BCUT2D eigenvalue weighted by atomic mass is 16.6. The summed E-state index contributed by atoms with van der Waals surface area (Å²) in [5.74, 6) is -0.0944. The van der Waals surface area contributed by atoms with Crippen LogP contribution in [0.2, 0.25) is 0 Å². The monoisotopic (exact) mass is 186 g/mol. The Kier molecular flexibility index (Phi) is 4.78. The topological polar surface area (TPSA) is 50.4 Å². The second-order valence-electron chi connectivity index (χ2n) is 3.24. The summed E-state index contributed by atoms with van der Waals surface area (Å²) >= 11 is 0. The molecule has 1 unspecified atom stereocenters. The SMILES string of the molecule is CCCCC(=O)OC1CNCCN1. The van der Waals surface area contributed by atoms with E-state index in [1.165, 1.54) is 0 Å². The quantitative estimate of drug-likeness (QED) is 0.617. The van der Waals surface area contributed by atoms with E-state index in [0.717, 1.165) is 32.5 Å². The van der Waals surface area contributed by atoms with Crippen molar-refractivity contribution >= 4 is 5.97 Å². The maximum absolute atomic E-state index is 11.2. The minimum absolute atomic E-state index is 0.0944. The van der Waals surface area contributed by atoms with Gasteiger partial charge in [-0.15, -0.1) is 0 Å². The number of hydrogen-bond donors (Lipinski definition) is 2. The lowest BCUT2D eigenvalue weighted by Crippen LogP contribution is -2.50. The second-order valence-corrected chi connectivity index (χ2v) is 3.24. The number of hydrogen-bond acceptors (Lipinski definition) is 4. The summed E-state index contributed by atoms with van der Waals surface area (Å²) in [6.07, 6.45) is 2.36. The van der Waals surface area contributed by atoms with Gasteiger partial charge in [0.05, 0.1) is 0 Å². The van der Waals surface area contributed by atoms with Gasteiger partial charge >= 0.3 is 5.97 Å². The molecule has 13 heavy (non-hydrogen) atoms. The highest BCUT2D eigenvalue weighted by Gasteiger charge is 2.15. The Morgan fingerprint density at radius 3 is 3.00 bits per heavy atom. The number of esters is 1. The molecule has 0 radical (unpaired) electrons. The van der Waals surface area contributed by atoms with Crippen molar-refractivity contribution in [3.05, 3.63) is 0 Å². The lowest BCUT2D eigenvalue weighted by Gasteiger charge is -2.24. The smallest absolute Gasteiger partial charge is 0.307 e. The van der Waals surface area contributed by atoms with Gasteiger partial charge < -0.3 is 10.1 Å². The molecule has 1 saturated heterocycles. The average Bonchev–Trinajstić information content (AvgIpc) is 2.16. The largest absolute Gasteiger partial charge is 0.445 e. The third kappa shape index (κ3) is 4.24. The fraction of sp³-hybridized carbons (Fsp3) is 0.889. The molecular weight excluding hydrogens is 168 g/mol.